The number of hydrogen-bond acceptors (Lipinski definition) is 5. The van der Waals surface area contributed by atoms with Crippen LogP contribution in [0.5, 0.6) is 0 Å². The van der Waals surface area contributed by atoms with Crippen molar-refractivity contribution in [1.82, 2.24) is 19.5 Å². The van der Waals surface area contributed by atoms with Crippen molar-refractivity contribution < 1.29 is 0 Å². The maximum atomic E-state index is 6.15. The maximum absolute atomic E-state index is 6.15. The van der Waals surface area contributed by atoms with Crippen molar-refractivity contribution in [1.29, 1.82) is 0 Å². The highest BCUT2D eigenvalue weighted by molar-refractivity contribution is 8.02. The number of rotatable bonds is 3. The van der Waals surface area contributed by atoms with Crippen LogP contribution in [0, 0.1) is 6.92 Å². The van der Waals surface area contributed by atoms with Gasteiger partial charge in [0.1, 0.15) is 5.03 Å². The Bertz CT molecular complexity index is 954. The summed E-state index contributed by atoms with van der Waals surface area (Å²) in [6.45, 7) is 4.10. The molecule has 3 aromatic rings. The van der Waals surface area contributed by atoms with E-state index >= 15 is 0 Å². The lowest BCUT2D eigenvalue weighted by Crippen LogP contribution is -2.29. The summed E-state index contributed by atoms with van der Waals surface area (Å²) < 4.78 is 2.06. The van der Waals surface area contributed by atoms with Crippen molar-refractivity contribution in [3.63, 3.8) is 0 Å². The number of fused-ring (bicyclic) bond motifs is 3. The number of aromatic nitrogens is 3. The van der Waals surface area contributed by atoms with Crippen LogP contribution in [0.3, 0.4) is 0 Å². The van der Waals surface area contributed by atoms with Crippen LogP contribution < -0.4 is 0 Å². The Hall–Kier alpha value is -1.21. The van der Waals surface area contributed by atoms with E-state index in [0.717, 1.165) is 50.7 Å². The fraction of sp³-hybridized carbons (Fsp3) is 0.333. The lowest BCUT2D eigenvalue weighted by Gasteiger charge is -2.26. The molecule has 0 saturated heterocycles. The number of likely N-dealkylation sites (N-methyl/N-ethyl adjacent to an activating group) is 1. The van der Waals surface area contributed by atoms with E-state index in [2.05, 4.69) is 35.7 Å². The molecule has 1 aromatic carbocycles. The summed E-state index contributed by atoms with van der Waals surface area (Å²) in [4.78, 5) is 9.47. The van der Waals surface area contributed by atoms with E-state index in [1.165, 1.54) is 11.3 Å². The van der Waals surface area contributed by atoms with Crippen LogP contribution in [-0.4, -0.2) is 39.3 Å². The van der Waals surface area contributed by atoms with E-state index in [9.17, 15) is 0 Å². The van der Waals surface area contributed by atoms with Crippen LogP contribution in [0.15, 0.2) is 39.1 Å². The van der Waals surface area contributed by atoms with Crippen LogP contribution in [0.1, 0.15) is 17.0 Å². The third kappa shape index (κ3) is 3.16. The normalized spacial score (nSPS) is 14.9. The van der Waals surface area contributed by atoms with Crippen LogP contribution >= 0.6 is 35.1 Å². The summed E-state index contributed by atoms with van der Waals surface area (Å²) in [6.07, 6.45) is 3.07. The van der Waals surface area contributed by atoms with Gasteiger partial charge in [0.15, 0.2) is 5.65 Å². The smallest absolute Gasteiger partial charge is 0.170 e. The Morgan fingerprint density at radius 3 is 2.88 bits per heavy atom. The van der Waals surface area contributed by atoms with Crippen molar-refractivity contribution in [3.05, 3.63) is 46.2 Å². The SMILES string of the molecule is CSc1nn2c3c(c(C)nc2c1Sc1cccc(Cl)c1)CN(C)CC3. The van der Waals surface area contributed by atoms with Gasteiger partial charge in [0.25, 0.3) is 0 Å². The highest BCUT2D eigenvalue weighted by Gasteiger charge is 2.24. The molecule has 1 aliphatic heterocycles. The zero-order valence-electron chi connectivity index (χ0n) is 14.4. The van der Waals surface area contributed by atoms with Crippen molar-refractivity contribution in [2.24, 2.45) is 0 Å². The van der Waals surface area contributed by atoms with Gasteiger partial charge in [0.05, 0.1) is 10.6 Å². The first-order valence-electron chi connectivity index (χ1n) is 8.14. The Balaban J connectivity index is 1.88. The minimum absolute atomic E-state index is 0.747. The zero-order valence-corrected chi connectivity index (χ0v) is 16.8. The first-order chi connectivity index (χ1) is 12.1. The number of thioether (sulfide) groups is 1. The summed E-state index contributed by atoms with van der Waals surface area (Å²) in [5, 5.41) is 6.64. The van der Waals surface area contributed by atoms with Gasteiger partial charge in [-0.3, -0.25) is 0 Å². The first kappa shape index (κ1) is 17.2. The van der Waals surface area contributed by atoms with Crippen molar-refractivity contribution in [2.75, 3.05) is 19.8 Å². The molecule has 0 N–H and O–H groups in total. The average molecular weight is 391 g/mol. The molecule has 0 spiro atoms. The second-order valence-corrected chi connectivity index (χ2v) is 8.56. The number of hydrogen-bond donors (Lipinski definition) is 0. The van der Waals surface area contributed by atoms with Gasteiger partial charge in [0, 0.05) is 40.7 Å². The lowest BCUT2D eigenvalue weighted by molar-refractivity contribution is 0.306. The molecule has 7 heteroatoms. The third-order valence-electron chi connectivity index (χ3n) is 4.47. The molecule has 0 amide bonds. The van der Waals surface area contributed by atoms with Crippen molar-refractivity contribution in [2.45, 2.75) is 34.7 Å². The Labute approximate surface area is 161 Å². The molecule has 1 aliphatic rings. The Morgan fingerprint density at radius 1 is 1.28 bits per heavy atom. The van der Waals surface area contributed by atoms with E-state index in [0.29, 0.717) is 0 Å². The zero-order chi connectivity index (χ0) is 17.6. The van der Waals surface area contributed by atoms with Gasteiger partial charge in [-0.25, -0.2) is 9.50 Å². The molecule has 0 bridgehead atoms. The molecule has 0 unspecified atom stereocenters. The fourth-order valence-electron chi connectivity index (χ4n) is 3.20. The molecule has 25 heavy (non-hydrogen) atoms. The van der Waals surface area contributed by atoms with E-state index in [4.69, 9.17) is 21.7 Å². The minimum atomic E-state index is 0.747. The van der Waals surface area contributed by atoms with Gasteiger partial charge in [-0.1, -0.05) is 29.4 Å². The van der Waals surface area contributed by atoms with Crippen LogP contribution in [0.25, 0.3) is 5.65 Å². The maximum Gasteiger partial charge on any atom is 0.170 e. The number of aryl methyl sites for hydroxylation is 1. The molecule has 0 fully saturated rings. The van der Waals surface area contributed by atoms with E-state index in [-0.39, 0.29) is 0 Å². The van der Waals surface area contributed by atoms with E-state index in [1.54, 1.807) is 23.5 Å². The predicted octanol–water partition coefficient (Wildman–Crippen LogP) is 4.55. The van der Waals surface area contributed by atoms with Gasteiger partial charge < -0.3 is 4.90 Å². The Morgan fingerprint density at radius 2 is 2.12 bits per heavy atom. The number of nitrogens with zero attached hydrogens (tertiary/aromatic N) is 4. The average Bonchev–Trinajstić information content (AvgIpc) is 2.93. The minimum Gasteiger partial charge on any atom is -0.302 e. The number of benzene rings is 1. The molecule has 0 aliphatic carbocycles. The Kier molecular flexibility index (Phi) is 4.71. The molecule has 4 rings (SSSR count). The molecule has 2 aromatic heterocycles. The van der Waals surface area contributed by atoms with Crippen LogP contribution in [-0.2, 0) is 13.0 Å². The fourth-order valence-corrected chi connectivity index (χ4v) is 5.19. The highest BCUT2D eigenvalue weighted by Crippen LogP contribution is 2.39. The molecule has 0 saturated carbocycles. The van der Waals surface area contributed by atoms with E-state index < -0.39 is 0 Å². The largest absolute Gasteiger partial charge is 0.302 e. The second-order valence-electron chi connectivity index (χ2n) is 6.24. The molecule has 130 valence electrons. The summed E-state index contributed by atoms with van der Waals surface area (Å²) in [6, 6.07) is 7.93. The van der Waals surface area contributed by atoms with Gasteiger partial charge in [-0.2, -0.15) is 5.10 Å². The number of halogens is 1. The topological polar surface area (TPSA) is 33.4 Å². The molecule has 4 nitrogen and oxygen atoms in total. The van der Waals surface area contributed by atoms with E-state index in [1.807, 2.05) is 18.2 Å². The summed E-state index contributed by atoms with van der Waals surface area (Å²) >= 11 is 9.50. The summed E-state index contributed by atoms with van der Waals surface area (Å²) in [5.74, 6) is 0. The monoisotopic (exact) mass is 390 g/mol. The molecule has 0 atom stereocenters. The van der Waals surface area contributed by atoms with Crippen LogP contribution in [0.2, 0.25) is 5.02 Å². The van der Waals surface area contributed by atoms with Gasteiger partial charge in [0.2, 0.25) is 0 Å². The molecular weight excluding hydrogens is 372 g/mol. The predicted molar refractivity (Wildman–Crippen MR) is 105 cm³/mol. The van der Waals surface area contributed by atoms with Crippen LogP contribution in [0.4, 0.5) is 0 Å². The summed E-state index contributed by atoms with van der Waals surface area (Å²) in [7, 11) is 2.16. The lowest BCUT2D eigenvalue weighted by atomic mass is 10.0. The molecular formula is C18H19ClN4S2. The first-order valence-corrected chi connectivity index (χ1v) is 10.6. The van der Waals surface area contributed by atoms with Crippen molar-refractivity contribution in [3.8, 4) is 0 Å². The van der Waals surface area contributed by atoms with Gasteiger partial charge >= 0.3 is 0 Å². The quantitative estimate of drug-likeness (QED) is 0.612. The summed E-state index contributed by atoms with van der Waals surface area (Å²) in [5.41, 5.74) is 4.68. The second kappa shape index (κ2) is 6.83. The highest BCUT2D eigenvalue weighted by atomic mass is 35.5. The van der Waals surface area contributed by atoms with Gasteiger partial charge in [-0.15, -0.1) is 11.8 Å². The van der Waals surface area contributed by atoms with Gasteiger partial charge in [-0.05, 0) is 38.4 Å². The molecule has 3 heterocycles. The standard InChI is InChI=1S/C18H19ClN4S2/c1-11-14-10-22(2)8-7-15(14)23-17(20-11)16(18(21-23)24-3)25-13-6-4-5-12(19)9-13/h4-6,9H,7-8,10H2,1-3H3. The molecule has 0 radical (unpaired) electrons. The van der Waals surface area contributed by atoms with Crippen molar-refractivity contribution >= 4 is 40.8 Å². The third-order valence-corrected chi connectivity index (χ3v) is 6.58.